The zero-order valence-electron chi connectivity index (χ0n) is 20.0. The molecule has 1 fully saturated rings. The number of methoxy groups -OCH3 is 1. The minimum absolute atomic E-state index is 0.0608. The summed E-state index contributed by atoms with van der Waals surface area (Å²) < 4.78 is 6.97. The maximum Gasteiger partial charge on any atom is 0.255 e. The molecule has 1 saturated carbocycles. The Morgan fingerprint density at radius 2 is 1.92 bits per heavy atom. The van der Waals surface area contributed by atoms with E-state index in [0.29, 0.717) is 52.2 Å². The van der Waals surface area contributed by atoms with Crippen LogP contribution in [-0.4, -0.2) is 56.0 Å². The first kappa shape index (κ1) is 23.9. The monoisotopic (exact) mass is 499 g/mol. The fourth-order valence-corrected chi connectivity index (χ4v) is 4.30. The largest absolute Gasteiger partial charge is 0.496 e. The maximum absolute atomic E-state index is 12.9. The molecular weight excluding hydrogens is 474 g/mol. The Labute approximate surface area is 212 Å². The van der Waals surface area contributed by atoms with Crippen molar-refractivity contribution >= 4 is 28.8 Å². The first-order valence-corrected chi connectivity index (χ1v) is 11.6. The van der Waals surface area contributed by atoms with Gasteiger partial charge in [-0.25, -0.2) is 4.98 Å². The van der Waals surface area contributed by atoms with Crippen LogP contribution in [0.4, 0.5) is 11.5 Å². The number of rotatable bonds is 7. The van der Waals surface area contributed by atoms with Gasteiger partial charge in [-0.3, -0.25) is 9.59 Å². The van der Waals surface area contributed by atoms with Gasteiger partial charge >= 0.3 is 0 Å². The van der Waals surface area contributed by atoms with Crippen molar-refractivity contribution in [1.29, 1.82) is 0 Å². The van der Waals surface area contributed by atoms with E-state index in [0.717, 1.165) is 5.56 Å². The molecule has 0 unspecified atom stereocenters. The zero-order valence-corrected chi connectivity index (χ0v) is 20.0. The number of ether oxygens (including phenoxy) is 1. The Kier molecular flexibility index (Phi) is 6.28. The molecule has 0 radical (unpaired) electrons. The highest BCUT2D eigenvalue weighted by molar-refractivity contribution is 6.01. The van der Waals surface area contributed by atoms with Crippen LogP contribution >= 0.6 is 0 Å². The van der Waals surface area contributed by atoms with Crippen molar-refractivity contribution in [3.8, 4) is 28.1 Å². The second-order valence-electron chi connectivity index (χ2n) is 8.69. The summed E-state index contributed by atoms with van der Waals surface area (Å²) in [5.74, 6) is 0.0235. The predicted molar refractivity (Wildman–Crippen MR) is 138 cm³/mol. The molecule has 1 aliphatic carbocycles. The number of amides is 2. The summed E-state index contributed by atoms with van der Waals surface area (Å²) in [5.41, 5.74) is 10.4. The Bertz CT molecular complexity index is 1510. The van der Waals surface area contributed by atoms with Gasteiger partial charge in [0.05, 0.1) is 18.8 Å². The second-order valence-corrected chi connectivity index (χ2v) is 8.69. The normalized spacial score (nSPS) is 16.6. The highest BCUT2D eigenvalue weighted by Crippen LogP contribution is 2.39. The molecule has 0 bridgehead atoms. The van der Waals surface area contributed by atoms with Crippen molar-refractivity contribution in [1.82, 2.24) is 25.1 Å². The van der Waals surface area contributed by atoms with Crippen LogP contribution in [0.5, 0.6) is 5.75 Å². The van der Waals surface area contributed by atoms with Crippen LogP contribution in [0, 0.1) is 0 Å². The number of nitrogens with two attached hydrogens (primary N) is 1. The van der Waals surface area contributed by atoms with Gasteiger partial charge in [-0.1, -0.05) is 24.8 Å². The molecule has 11 heteroatoms. The van der Waals surface area contributed by atoms with E-state index in [2.05, 4.69) is 32.4 Å². The smallest absolute Gasteiger partial charge is 0.255 e. The van der Waals surface area contributed by atoms with Crippen LogP contribution in [-0.2, 0) is 4.79 Å². The summed E-state index contributed by atoms with van der Waals surface area (Å²) in [6.07, 6.45) is 3.22. The van der Waals surface area contributed by atoms with Crippen molar-refractivity contribution < 1.29 is 19.4 Å². The van der Waals surface area contributed by atoms with Gasteiger partial charge in [-0.05, 0) is 48.7 Å². The summed E-state index contributed by atoms with van der Waals surface area (Å²) in [4.78, 5) is 28.6. The standard InChI is InChI=1S/C26H25N7O4/c1-3-21(35)30-16-7-4-14(5-8-16)23-22(24-25(27)28-13-29-33(24)32-23)15-6-9-19(20(10-15)37-2)26(36)31-17-11-18(34)12-17/h3-10,13,17-18,34H,1,11-12H2,2H3,(H,30,35)(H,31,36)(H2,27,28,29). The number of hydrogen-bond acceptors (Lipinski definition) is 8. The van der Waals surface area contributed by atoms with Crippen LogP contribution < -0.4 is 21.1 Å². The number of aliphatic hydroxyl groups is 1. The summed E-state index contributed by atoms with van der Waals surface area (Å²) >= 11 is 0. The quantitative estimate of drug-likeness (QED) is 0.282. The average Bonchev–Trinajstić information content (AvgIpc) is 3.28. The van der Waals surface area contributed by atoms with Gasteiger partial charge in [0.1, 0.15) is 23.3 Å². The molecule has 0 spiro atoms. The van der Waals surface area contributed by atoms with Gasteiger partial charge in [-0.15, -0.1) is 14.8 Å². The van der Waals surface area contributed by atoms with Crippen molar-refractivity contribution in [2.45, 2.75) is 25.0 Å². The van der Waals surface area contributed by atoms with Gasteiger partial charge in [0.25, 0.3) is 5.91 Å². The highest BCUT2D eigenvalue weighted by atomic mass is 16.5. The van der Waals surface area contributed by atoms with E-state index in [4.69, 9.17) is 10.5 Å². The number of carbonyl (C=O) groups excluding carboxylic acids is 2. The lowest BCUT2D eigenvalue weighted by atomic mass is 9.89. The number of benzene rings is 2. The van der Waals surface area contributed by atoms with E-state index in [-0.39, 0.29) is 29.8 Å². The van der Waals surface area contributed by atoms with Crippen LogP contribution in [0.25, 0.3) is 27.9 Å². The Morgan fingerprint density at radius 1 is 1.19 bits per heavy atom. The molecule has 0 aliphatic heterocycles. The number of hydrogen-bond donors (Lipinski definition) is 4. The molecule has 0 atom stereocenters. The predicted octanol–water partition coefficient (Wildman–Crippen LogP) is 2.43. The Morgan fingerprint density at radius 3 is 2.59 bits per heavy atom. The number of carbonyl (C=O) groups is 2. The van der Waals surface area contributed by atoms with E-state index >= 15 is 0 Å². The van der Waals surface area contributed by atoms with Gasteiger partial charge < -0.3 is 26.2 Å². The lowest BCUT2D eigenvalue weighted by Gasteiger charge is -2.32. The lowest BCUT2D eigenvalue weighted by Crippen LogP contribution is -2.46. The number of nitrogen functional groups attached to an aromatic ring is 1. The number of aliphatic hydroxyl groups excluding tert-OH is 1. The van der Waals surface area contributed by atoms with Gasteiger partial charge in [0.15, 0.2) is 5.82 Å². The number of nitrogens with zero attached hydrogens (tertiary/aromatic N) is 4. The van der Waals surface area contributed by atoms with Crippen molar-refractivity contribution in [2.75, 3.05) is 18.2 Å². The average molecular weight is 500 g/mol. The summed E-state index contributed by atoms with van der Waals surface area (Å²) in [6.45, 7) is 3.46. The molecule has 2 aromatic carbocycles. The third-order valence-corrected chi connectivity index (χ3v) is 6.26. The second kappa shape index (κ2) is 9.70. The molecule has 2 aromatic heterocycles. The van der Waals surface area contributed by atoms with E-state index < -0.39 is 0 Å². The minimum Gasteiger partial charge on any atom is -0.496 e. The van der Waals surface area contributed by atoms with E-state index in [1.54, 1.807) is 30.3 Å². The molecule has 2 amide bonds. The third-order valence-electron chi connectivity index (χ3n) is 6.26. The van der Waals surface area contributed by atoms with Crippen LogP contribution in [0.1, 0.15) is 23.2 Å². The topological polar surface area (TPSA) is 157 Å². The third kappa shape index (κ3) is 4.59. The summed E-state index contributed by atoms with van der Waals surface area (Å²) in [6, 6.07) is 12.3. The lowest BCUT2D eigenvalue weighted by molar-refractivity contribution is -0.111. The molecule has 11 nitrogen and oxygen atoms in total. The molecule has 37 heavy (non-hydrogen) atoms. The molecule has 5 N–H and O–H groups in total. The fraction of sp³-hybridized carbons (Fsp3) is 0.192. The molecule has 2 heterocycles. The van der Waals surface area contributed by atoms with Crippen LogP contribution in [0.15, 0.2) is 61.4 Å². The van der Waals surface area contributed by atoms with Crippen LogP contribution in [0.3, 0.4) is 0 Å². The van der Waals surface area contributed by atoms with Gasteiger partial charge in [-0.2, -0.15) is 0 Å². The van der Waals surface area contributed by atoms with E-state index in [9.17, 15) is 14.7 Å². The molecule has 188 valence electrons. The molecule has 5 rings (SSSR count). The number of aromatic nitrogens is 4. The first-order valence-electron chi connectivity index (χ1n) is 11.6. The summed E-state index contributed by atoms with van der Waals surface area (Å²) in [7, 11) is 1.49. The maximum atomic E-state index is 12.9. The minimum atomic E-state index is -0.372. The van der Waals surface area contributed by atoms with Gasteiger partial charge in [0, 0.05) is 22.9 Å². The highest BCUT2D eigenvalue weighted by Gasteiger charge is 2.29. The number of anilines is 2. The van der Waals surface area contributed by atoms with E-state index in [1.165, 1.54) is 24.1 Å². The Balaban J connectivity index is 1.57. The van der Waals surface area contributed by atoms with Crippen LogP contribution in [0.2, 0.25) is 0 Å². The zero-order chi connectivity index (χ0) is 26.1. The molecule has 4 aromatic rings. The molecule has 1 aliphatic rings. The first-order chi connectivity index (χ1) is 17.9. The fourth-order valence-electron chi connectivity index (χ4n) is 4.30. The van der Waals surface area contributed by atoms with Crippen molar-refractivity contribution in [3.05, 3.63) is 67.0 Å². The van der Waals surface area contributed by atoms with Gasteiger partial charge in [0.2, 0.25) is 5.91 Å². The number of nitrogens with one attached hydrogen (secondary N) is 2. The van der Waals surface area contributed by atoms with Crippen molar-refractivity contribution in [3.63, 3.8) is 0 Å². The molecule has 0 saturated heterocycles. The molecular formula is C26H25N7O4. The SMILES string of the molecule is C=CC(=O)Nc1ccc(-c2nn3ncnc(N)c3c2-c2ccc(C(=O)NC3CC(O)C3)c(OC)c2)cc1. The Hall–Kier alpha value is -4.77. The summed E-state index contributed by atoms with van der Waals surface area (Å²) in [5, 5.41) is 24.0. The van der Waals surface area contributed by atoms with Crippen molar-refractivity contribution in [2.24, 2.45) is 0 Å². The van der Waals surface area contributed by atoms with E-state index in [1.807, 2.05) is 12.1 Å². The number of fused-ring (bicyclic) bond motifs is 1.